The molecule has 3 rings (SSSR count). The number of nitrogens with two attached hydrogens (primary N) is 1. The van der Waals surface area contributed by atoms with Crippen molar-refractivity contribution in [2.75, 3.05) is 11.9 Å². The monoisotopic (exact) mass is 465 g/mol. The molecule has 0 aliphatic heterocycles. The number of aromatic nitrogens is 1. The van der Waals surface area contributed by atoms with Gasteiger partial charge in [0.25, 0.3) is 0 Å². The van der Waals surface area contributed by atoms with Crippen molar-refractivity contribution in [3.63, 3.8) is 0 Å². The number of pyridine rings is 1. The molecule has 34 heavy (non-hydrogen) atoms. The van der Waals surface area contributed by atoms with Crippen molar-refractivity contribution in [2.45, 2.75) is 80.7 Å². The van der Waals surface area contributed by atoms with Gasteiger partial charge in [-0.05, 0) is 71.3 Å². The zero-order valence-electron chi connectivity index (χ0n) is 22.5. The highest BCUT2D eigenvalue weighted by Crippen LogP contribution is 2.34. The van der Waals surface area contributed by atoms with Crippen LogP contribution in [-0.2, 0) is 0 Å². The van der Waals surface area contributed by atoms with E-state index in [1.807, 2.05) is 0 Å². The minimum absolute atomic E-state index is 0.105. The van der Waals surface area contributed by atoms with Gasteiger partial charge in [-0.2, -0.15) is 0 Å². The van der Waals surface area contributed by atoms with E-state index >= 15 is 0 Å². The molecule has 0 spiro atoms. The number of anilines is 1. The molecular formula is C30H44FN3. The van der Waals surface area contributed by atoms with Gasteiger partial charge in [-0.3, -0.25) is 0 Å². The highest BCUT2D eigenvalue weighted by Gasteiger charge is 2.31. The number of allylic oxidation sites excluding steroid dienone is 1. The average molecular weight is 466 g/mol. The quantitative estimate of drug-likeness (QED) is 0.360. The lowest BCUT2D eigenvalue weighted by molar-refractivity contribution is 0.410. The zero-order chi connectivity index (χ0) is 26.1. The maximum absolute atomic E-state index is 13.7. The first-order valence-corrected chi connectivity index (χ1v) is 12.0. The molecule has 1 saturated carbocycles. The van der Waals surface area contributed by atoms with Crippen LogP contribution in [0, 0.1) is 57.2 Å². The fraction of sp³-hybridized carbons (Fsp3) is 0.500. The van der Waals surface area contributed by atoms with Crippen LogP contribution in [0.2, 0.25) is 0 Å². The molecule has 3 nitrogen and oxygen atoms in total. The van der Waals surface area contributed by atoms with Crippen LogP contribution in [0.15, 0.2) is 36.4 Å². The molecule has 1 aliphatic rings. The van der Waals surface area contributed by atoms with Crippen LogP contribution in [-0.4, -0.2) is 17.6 Å². The number of hydrogen-bond donors (Lipinski definition) is 2. The topological polar surface area (TPSA) is 50.9 Å². The first kappa shape index (κ1) is 29.4. The Hall–Kier alpha value is -2.64. The van der Waals surface area contributed by atoms with Gasteiger partial charge in [-0.15, -0.1) is 13.0 Å². The van der Waals surface area contributed by atoms with E-state index in [0.29, 0.717) is 29.1 Å². The first-order valence-electron chi connectivity index (χ1n) is 12.0. The van der Waals surface area contributed by atoms with Gasteiger partial charge in [0, 0.05) is 18.2 Å². The SMILES string of the molecule is C#Cc1cc(F)c(NC(CN)C2CC2)nc1C.C=C(C)CC(C)(C)C.Cc1cc(C)cc(C)c1. The first-order chi connectivity index (χ1) is 15.7. The smallest absolute Gasteiger partial charge is 0.166 e. The van der Waals surface area contributed by atoms with Gasteiger partial charge in [0.15, 0.2) is 11.6 Å². The second-order valence-corrected chi connectivity index (χ2v) is 10.8. The summed E-state index contributed by atoms with van der Waals surface area (Å²) in [6.45, 7) is 21.2. The lowest BCUT2D eigenvalue weighted by atomic mass is 9.89. The Bertz CT molecular complexity index is 941. The van der Waals surface area contributed by atoms with Gasteiger partial charge in [-0.1, -0.05) is 67.2 Å². The van der Waals surface area contributed by atoms with E-state index in [1.54, 1.807) is 6.92 Å². The third kappa shape index (κ3) is 11.5. The molecule has 186 valence electrons. The van der Waals surface area contributed by atoms with Crippen molar-refractivity contribution >= 4 is 5.82 Å². The summed E-state index contributed by atoms with van der Waals surface area (Å²) >= 11 is 0. The van der Waals surface area contributed by atoms with E-state index in [1.165, 1.54) is 28.3 Å². The summed E-state index contributed by atoms with van der Waals surface area (Å²) in [5.74, 6) is 2.80. The average Bonchev–Trinajstić information content (AvgIpc) is 3.51. The Morgan fingerprint density at radius 2 is 1.65 bits per heavy atom. The minimum Gasteiger partial charge on any atom is -0.363 e. The summed E-state index contributed by atoms with van der Waals surface area (Å²) in [7, 11) is 0. The van der Waals surface area contributed by atoms with Crippen LogP contribution < -0.4 is 11.1 Å². The Morgan fingerprint density at radius 3 is 1.97 bits per heavy atom. The number of terminal acetylenes is 1. The summed E-state index contributed by atoms with van der Waals surface area (Å²) in [5.41, 5.74) is 12.6. The van der Waals surface area contributed by atoms with Crippen molar-refractivity contribution in [1.82, 2.24) is 4.98 Å². The van der Waals surface area contributed by atoms with Crippen molar-refractivity contribution in [3.05, 3.63) is 70.2 Å². The number of rotatable bonds is 5. The normalized spacial score (nSPS) is 13.4. The lowest BCUT2D eigenvalue weighted by Crippen LogP contribution is -2.31. The van der Waals surface area contributed by atoms with Crippen molar-refractivity contribution in [3.8, 4) is 12.3 Å². The largest absolute Gasteiger partial charge is 0.363 e. The molecule has 1 aromatic heterocycles. The molecule has 0 bridgehead atoms. The molecule has 1 heterocycles. The Balaban J connectivity index is 0.000000287. The fourth-order valence-corrected chi connectivity index (χ4v) is 3.98. The lowest BCUT2D eigenvalue weighted by Gasteiger charge is -2.17. The predicted octanol–water partition coefficient (Wildman–Crippen LogP) is 7.27. The molecule has 1 aromatic carbocycles. The molecule has 1 unspecified atom stereocenters. The molecule has 1 aliphatic carbocycles. The van der Waals surface area contributed by atoms with Crippen molar-refractivity contribution in [2.24, 2.45) is 17.1 Å². The van der Waals surface area contributed by atoms with Crippen LogP contribution in [0.4, 0.5) is 10.2 Å². The van der Waals surface area contributed by atoms with Crippen LogP contribution >= 0.6 is 0 Å². The molecule has 1 atom stereocenters. The number of halogens is 1. The number of nitrogens with one attached hydrogen (secondary N) is 1. The van der Waals surface area contributed by atoms with Crippen LogP contribution in [0.3, 0.4) is 0 Å². The Morgan fingerprint density at radius 1 is 1.15 bits per heavy atom. The summed E-state index contributed by atoms with van der Waals surface area (Å²) in [5, 5.41) is 3.07. The van der Waals surface area contributed by atoms with E-state index in [2.05, 4.69) is 89.5 Å². The van der Waals surface area contributed by atoms with E-state index in [4.69, 9.17) is 12.2 Å². The zero-order valence-corrected chi connectivity index (χ0v) is 22.5. The number of aryl methyl sites for hydroxylation is 4. The van der Waals surface area contributed by atoms with Crippen LogP contribution in [0.25, 0.3) is 0 Å². The molecule has 4 heteroatoms. The second kappa shape index (κ2) is 13.3. The van der Waals surface area contributed by atoms with Gasteiger partial charge in [0.2, 0.25) is 0 Å². The third-order valence-electron chi connectivity index (χ3n) is 5.29. The predicted molar refractivity (Wildman–Crippen MR) is 146 cm³/mol. The minimum atomic E-state index is -0.414. The van der Waals surface area contributed by atoms with E-state index in [0.717, 1.165) is 19.3 Å². The van der Waals surface area contributed by atoms with Crippen LogP contribution in [0.5, 0.6) is 0 Å². The van der Waals surface area contributed by atoms with Gasteiger partial charge >= 0.3 is 0 Å². The molecule has 3 N–H and O–H groups in total. The number of hydrogen-bond acceptors (Lipinski definition) is 3. The van der Waals surface area contributed by atoms with Crippen molar-refractivity contribution < 1.29 is 4.39 Å². The highest BCUT2D eigenvalue weighted by atomic mass is 19.1. The van der Waals surface area contributed by atoms with E-state index < -0.39 is 5.82 Å². The van der Waals surface area contributed by atoms with E-state index in [-0.39, 0.29) is 11.9 Å². The van der Waals surface area contributed by atoms with Gasteiger partial charge in [0.05, 0.1) is 5.69 Å². The summed E-state index contributed by atoms with van der Waals surface area (Å²) < 4.78 is 13.7. The standard InChI is InChI=1S/C13H16FN3.C9H12.C8H16/c1-3-9-6-11(14)13(16-8(9)2)17-12(7-15)10-4-5-10;1-7-4-8(2)6-9(3)5-7;1-7(2)6-8(3,4)5/h1,6,10,12H,4-5,7,15H2,2H3,(H,16,17);4-6H,1-3H3;1,6H2,2-5H3. The molecule has 0 saturated heterocycles. The maximum Gasteiger partial charge on any atom is 0.166 e. The summed E-state index contributed by atoms with van der Waals surface area (Å²) in [6.07, 6.45) is 8.69. The van der Waals surface area contributed by atoms with Gasteiger partial charge in [-0.25, -0.2) is 9.37 Å². The van der Waals surface area contributed by atoms with Gasteiger partial charge in [0.1, 0.15) is 0 Å². The summed E-state index contributed by atoms with van der Waals surface area (Å²) in [4.78, 5) is 4.16. The fourth-order valence-electron chi connectivity index (χ4n) is 3.98. The molecule has 0 radical (unpaired) electrons. The van der Waals surface area contributed by atoms with Crippen molar-refractivity contribution in [1.29, 1.82) is 0 Å². The Labute approximate surface area is 207 Å². The third-order valence-corrected chi connectivity index (χ3v) is 5.29. The summed E-state index contributed by atoms with van der Waals surface area (Å²) in [6, 6.07) is 8.01. The number of benzene rings is 1. The second-order valence-electron chi connectivity index (χ2n) is 10.8. The highest BCUT2D eigenvalue weighted by molar-refractivity contribution is 5.46. The van der Waals surface area contributed by atoms with Crippen LogP contribution in [0.1, 0.15) is 74.9 Å². The van der Waals surface area contributed by atoms with E-state index in [9.17, 15) is 4.39 Å². The van der Waals surface area contributed by atoms with Gasteiger partial charge < -0.3 is 11.1 Å². The molecule has 1 fully saturated rings. The molecule has 2 aromatic rings. The molecule has 0 amide bonds. The number of nitrogens with zero attached hydrogens (tertiary/aromatic N) is 1. The molecular weight excluding hydrogens is 421 g/mol. The maximum atomic E-state index is 13.7. The Kier molecular flexibility index (Phi) is 11.5.